The fraction of sp³-hybridized carbons (Fsp3) is 0.222. The normalized spacial score (nSPS) is 17.2. The molecule has 6 rings (SSSR count). The standard InChI is InChI=1S/2C17H15.C2H6Cl2Si.Zr/c2*1-2-13-11-15-9-6-10-16(17(15)12-13)14-7-4-3-5-8-14;1-5(2,3)4;/h2*3-12H,2H2,1H3;1-2H3;. The van der Waals surface area contributed by atoms with Gasteiger partial charge in [0.1, 0.15) is 0 Å². The Hall–Kier alpha value is -1.96. The van der Waals surface area contributed by atoms with Crippen molar-refractivity contribution in [2.24, 2.45) is 0 Å². The quantitative estimate of drug-likeness (QED) is 0.143. The van der Waals surface area contributed by atoms with Crippen LogP contribution in [0.4, 0.5) is 0 Å². The Labute approximate surface area is 262 Å². The zero-order chi connectivity index (χ0) is 28.3. The molecule has 0 saturated carbocycles. The van der Waals surface area contributed by atoms with Crippen molar-refractivity contribution in [3.05, 3.63) is 130 Å². The Morgan fingerprint density at radius 2 is 0.950 bits per heavy atom. The molecule has 4 heteroatoms. The van der Waals surface area contributed by atoms with E-state index in [1.807, 2.05) is 13.1 Å². The molecule has 0 spiro atoms. The van der Waals surface area contributed by atoms with Crippen molar-refractivity contribution < 1.29 is 23.2 Å². The molecule has 2 unspecified atom stereocenters. The average Bonchev–Trinajstić information content (AvgIpc) is 3.51. The zero-order valence-corrected chi connectivity index (χ0v) is 28.7. The van der Waals surface area contributed by atoms with Crippen LogP contribution in [-0.2, 0) is 23.2 Å². The van der Waals surface area contributed by atoms with Gasteiger partial charge in [0, 0.05) is 0 Å². The largest absolute Gasteiger partial charge is 0.245 e. The first-order chi connectivity index (χ1) is 19.3. The van der Waals surface area contributed by atoms with Crippen LogP contribution in [0.2, 0.25) is 13.1 Å². The van der Waals surface area contributed by atoms with Crippen LogP contribution in [0.15, 0.2) is 108 Å². The van der Waals surface area contributed by atoms with Crippen LogP contribution in [0.3, 0.4) is 0 Å². The van der Waals surface area contributed by atoms with Gasteiger partial charge in [0.15, 0.2) is 0 Å². The number of benzene rings is 4. The van der Waals surface area contributed by atoms with Gasteiger partial charge >= 0.3 is 222 Å². The Morgan fingerprint density at radius 1 is 0.575 bits per heavy atom. The molecule has 0 bridgehead atoms. The number of rotatable bonds is 6. The Kier molecular flexibility index (Phi) is 9.53. The Bertz CT molecular complexity index is 1420. The predicted molar refractivity (Wildman–Crippen MR) is 175 cm³/mol. The molecule has 0 heterocycles. The molecule has 40 heavy (non-hydrogen) atoms. The minimum Gasteiger partial charge on any atom is -0.146 e. The van der Waals surface area contributed by atoms with Crippen LogP contribution in [0.5, 0.6) is 0 Å². The summed E-state index contributed by atoms with van der Waals surface area (Å²) in [5.41, 5.74) is 14.8. The molecule has 0 aliphatic heterocycles. The van der Waals surface area contributed by atoms with Crippen molar-refractivity contribution in [1.82, 2.24) is 0 Å². The predicted octanol–water partition coefficient (Wildman–Crippen LogP) is 11.7. The van der Waals surface area contributed by atoms with Crippen LogP contribution < -0.4 is 0 Å². The van der Waals surface area contributed by atoms with E-state index in [0.717, 1.165) is 12.8 Å². The molecule has 202 valence electrons. The molecule has 4 aromatic carbocycles. The molecule has 2 aliphatic rings. The molecule has 0 aromatic heterocycles. The molecule has 0 amide bonds. The molecular weight excluding hydrogens is 623 g/mol. The van der Waals surface area contributed by atoms with E-state index in [0.29, 0.717) is 7.25 Å². The van der Waals surface area contributed by atoms with E-state index in [-0.39, 0.29) is 0 Å². The zero-order valence-electron chi connectivity index (χ0n) is 23.7. The van der Waals surface area contributed by atoms with E-state index in [4.69, 9.17) is 22.2 Å². The minimum absolute atomic E-state index is 0.647. The summed E-state index contributed by atoms with van der Waals surface area (Å²) in [7, 11) is 0. The molecule has 0 saturated heterocycles. The van der Waals surface area contributed by atoms with Crippen LogP contribution in [0.25, 0.3) is 34.4 Å². The molecule has 0 N–H and O–H groups in total. The summed E-state index contributed by atoms with van der Waals surface area (Å²) >= 11 is 10.0. The number of halogens is 2. The monoisotopic (exact) mass is 656 g/mol. The number of fused-ring (bicyclic) bond motifs is 2. The molecule has 4 aromatic rings. The fourth-order valence-electron chi connectivity index (χ4n) is 5.84. The summed E-state index contributed by atoms with van der Waals surface area (Å²) in [6, 6.07) is 35.8. The summed E-state index contributed by atoms with van der Waals surface area (Å²) in [4.78, 5) is 0. The van der Waals surface area contributed by atoms with Gasteiger partial charge in [-0.05, 0) is 13.1 Å². The van der Waals surface area contributed by atoms with Gasteiger partial charge in [-0.1, -0.05) is 0 Å². The minimum atomic E-state index is -1.67. The van der Waals surface area contributed by atoms with E-state index >= 15 is 0 Å². The number of allylic oxidation sites excluding steroid dienone is 2. The maximum absolute atomic E-state index is 5.43. The van der Waals surface area contributed by atoms with E-state index in [9.17, 15) is 0 Å². The average molecular weight is 659 g/mol. The van der Waals surface area contributed by atoms with Crippen LogP contribution in [0, 0.1) is 0 Å². The van der Waals surface area contributed by atoms with Crippen LogP contribution in [-0.4, -0.2) is 6.69 Å². The summed E-state index contributed by atoms with van der Waals surface area (Å²) in [5.74, 6) is 0. The molecule has 0 nitrogen and oxygen atoms in total. The fourth-order valence-corrected chi connectivity index (χ4v) is 11.2. The Morgan fingerprint density at radius 3 is 1.30 bits per heavy atom. The van der Waals surface area contributed by atoms with Gasteiger partial charge in [-0.25, -0.2) is 0 Å². The van der Waals surface area contributed by atoms with Crippen molar-refractivity contribution in [1.29, 1.82) is 0 Å². The third-order valence-electron chi connectivity index (χ3n) is 7.62. The van der Waals surface area contributed by atoms with E-state index in [1.54, 1.807) is 22.3 Å². The topological polar surface area (TPSA) is 0 Å². The maximum atomic E-state index is 5.43. The van der Waals surface area contributed by atoms with Crippen molar-refractivity contribution in [3.8, 4) is 22.3 Å². The second-order valence-electron chi connectivity index (χ2n) is 10.9. The molecule has 2 aliphatic carbocycles. The second-order valence-corrected chi connectivity index (χ2v) is 23.4. The van der Waals surface area contributed by atoms with Gasteiger partial charge < -0.3 is 0 Å². The summed E-state index contributed by atoms with van der Waals surface area (Å²) < 4.78 is 1.29. The van der Waals surface area contributed by atoms with Crippen molar-refractivity contribution in [2.45, 2.75) is 47.0 Å². The summed E-state index contributed by atoms with van der Waals surface area (Å²) in [6.07, 6.45) is 7.36. The van der Waals surface area contributed by atoms with Crippen molar-refractivity contribution in [3.63, 3.8) is 0 Å². The number of hydrogen-bond donors (Lipinski definition) is 0. The van der Waals surface area contributed by atoms with Gasteiger partial charge in [-0.2, -0.15) is 0 Å². The van der Waals surface area contributed by atoms with E-state index in [2.05, 4.69) is 123 Å². The first-order valence-corrected chi connectivity index (χ1v) is 22.1. The van der Waals surface area contributed by atoms with Crippen LogP contribution in [0.1, 0.15) is 56.2 Å². The maximum Gasteiger partial charge on any atom is 0.245 e. The van der Waals surface area contributed by atoms with Crippen LogP contribution >= 0.6 is 22.2 Å². The first-order valence-electron chi connectivity index (χ1n) is 14.2. The van der Waals surface area contributed by atoms with Gasteiger partial charge in [0.05, 0.1) is 0 Å². The third-order valence-corrected chi connectivity index (χ3v) is 12.6. The van der Waals surface area contributed by atoms with Gasteiger partial charge in [0.2, 0.25) is 6.69 Å². The van der Waals surface area contributed by atoms with Gasteiger partial charge in [-0.3, -0.25) is 0 Å². The van der Waals surface area contributed by atoms with Gasteiger partial charge in [0.25, 0.3) is 0 Å². The molecular formula is C36H36Cl2SiZr. The van der Waals surface area contributed by atoms with Crippen molar-refractivity contribution in [2.75, 3.05) is 0 Å². The SMILES string of the molecule is CCC1=Cc2c(-c3ccccc3)cccc2[CH]1[Zr][CH]1C(CC)=Cc2c(-c3ccccc3)cccc21.C[Si](C)(Cl)Cl. The summed E-state index contributed by atoms with van der Waals surface area (Å²) in [6.45, 7) is 6.74. The molecule has 2 atom stereocenters. The Balaban J connectivity index is 0.000000595. The second kappa shape index (κ2) is 12.9. The summed E-state index contributed by atoms with van der Waals surface area (Å²) in [5, 5.41) is 0. The van der Waals surface area contributed by atoms with Crippen molar-refractivity contribution >= 4 is 41.0 Å². The first kappa shape index (κ1) is 29.5. The molecule has 0 fully saturated rings. The third kappa shape index (κ3) is 6.57. The number of hydrogen-bond acceptors (Lipinski definition) is 0. The van der Waals surface area contributed by atoms with E-state index < -0.39 is 29.9 Å². The van der Waals surface area contributed by atoms with Gasteiger partial charge in [-0.15, -0.1) is 22.2 Å². The molecule has 0 radical (unpaired) electrons. The van der Waals surface area contributed by atoms with E-state index in [1.165, 1.54) is 33.4 Å². The smallest absolute Gasteiger partial charge is 0.146 e.